The molecular formula is C4H3NaO4. The molecule has 9 heavy (non-hydrogen) atoms. The van der Waals surface area contributed by atoms with E-state index in [0.29, 0.717) is 12.2 Å². The quantitative estimate of drug-likeness (QED) is 0.307. The Labute approximate surface area is 73.5 Å². The summed E-state index contributed by atoms with van der Waals surface area (Å²) in [5.74, 6) is -2.80. The van der Waals surface area contributed by atoms with Crippen LogP contribution in [0.25, 0.3) is 0 Å². The van der Waals surface area contributed by atoms with Crippen molar-refractivity contribution in [3.63, 3.8) is 0 Å². The second-order valence-corrected chi connectivity index (χ2v) is 0.991. The van der Waals surface area contributed by atoms with Crippen molar-refractivity contribution in [2.24, 2.45) is 0 Å². The van der Waals surface area contributed by atoms with Gasteiger partial charge in [-0.25, -0.2) is 4.79 Å². The second kappa shape index (κ2) is 5.81. The Balaban J connectivity index is 0. The molecule has 0 bridgehead atoms. The maximum atomic E-state index is 9.53. The molecule has 0 aromatic carbocycles. The molecule has 0 saturated heterocycles. The number of hydrogen-bond acceptors (Lipinski definition) is 3. The van der Waals surface area contributed by atoms with Gasteiger partial charge in [0.15, 0.2) is 0 Å². The summed E-state index contributed by atoms with van der Waals surface area (Å²) in [5.41, 5.74) is 0. The van der Waals surface area contributed by atoms with Gasteiger partial charge in [0.25, 0.3) is 0 Å². The molecule has 0 unspecified atom stereocenters. The summed E-state index contributed by atoms with van der Waals surface area (Å²) in [6, 6.07) is 0. The SMILES string of the molecule is O=C([O-])C=CC(=O)O.[Na+]. The van der Waals surface area contributed by atoms with E-state index >= 15 is 0 Å². The van der Waals surface area contributed by atoms with E-state index in [-0.39, 0.29) is 29.6 Å². The van der Waals surface area contributed by atoms with E-state index < -0.39 is 11.9 Å². The van der Waals surface area contributed by atoms with Crippen LogP contribution >= 0.6 is 0 Å². The Bertz CT molecular complexity index is 124. The smallest absolute Gasteiger partial charge is 0.545 e. The van der Waals surface area contributed by atoms with Crippen molar-refractivity contribution in [2.75, 3.05) is 0 Å². The molecule has 5 heteroatoms. The van der Waals surface area contributed by atoms with Crippen molar-refractivity contribution >= 4 is 11.9 Å². The number of carboxylic acids is 2. The molecular weight excluding hydrogens is 135 g/mol. The van der Waals surface area contributed by atoms with Crippen molar-refractivity contribution < 1.29 is 49.4 Å². The Hall–Kier alpha value is -0.320. The van der Waals surface area contributed by atoms with E-state index in [4.69, 9.17) is 5.11 Å². The number of carbonyl (C=O) groups is 2. The fourth-order valence-electron chi connectivity index (χ4n) is 0.139. The average Bonchev–Trinajstić information content (AvgIpc) is 1.61. The summed E-state index contributed by atoms with van der Waals surface area (Å²) in [6.07, 6.45) is 0.942. The minimum Gasteiger partial charge on any atom is -0.545 e. The molecule has 0 radical (unpaired) electrons. The topological polar surface area (TPSA) is 77.4 Å². The molecule has 0 heterocycles. The molecule has 44 valence electrons. The summed E-state index contributed by atoms with van der Waals surface area (Å²) in [4.78, 5) is 19.0. The summed E-state index contributed by atoms with van der Waals surface area (Å²) in [7, 11) is 0. The largest absolute Gasteiger partial charge is 1.00 e. The predicted molar refractivity (Wildman–Crippen MR) is 21.8 cm³/mol. The van der Waals surface area contributed by atoms with Gasteiger partial charge in [-0.3, -0.25) is 0 Å². The van der Waals surface area contributed by atoms with E-state index in [2.05, 4.69) is 0 Å². The summed E-state index contributed by atoms with van der Waals surface area (Å²) >= 11 is 0. The van der Waals surface area contributed by atoms with Crippen LogP contribution in [0.3, 0.4) is 0 Å². The fourth-order valence-corrected chi connectivity index (χ4v) is 0.139. The number of aliphatic carboxylic acids is 2. The van der Waals surface area contributed by atoms with Gasteiger partial charge in [0.1, 0.15) is 0 Å². The second-order valence-electron chi connectivity index (χ2n) is 0.991. The first-order chi connectivity index (χ1) is 3.63. The molecule has 0 fully saturated rings. The summed E-state index contributed by atoms with van der Waals surface area (Å²) in [6.45, 7) is 0. The zero-order valence-electron chi connectivity index (χ0n) is 4.83. The van der Waals surface area contributed by atoms with Crippen LogP contribution in [0.1, 0.15) is 0 Å². The van der Waals surface area contributed by atoms with Gasteiger partial charge in [0.05, 0.1) is 5.97 Å². The Morgan fingerprint density at radius 2 is 1.78 bits per heavy atom. The van der Waals surface area contributed by atoms with Crippen LogP contribution in [-0.2, 0) is 9.59 Å². The van der Waals surface area contributed by atoms with Gasteiger partial charge in [-0.05, 0) is 6.08 Å². The maximum absolute atomic E-state index is 9.53. The van der Waals surface area contributed by atoms with Crippen LogP contribution in [-0.4, -0.2) is 17.0 Å². The van der Waals surface area contributed by atoms with E-state index in [1.807, 2.05) is 0 Å². The molecule has 0 aromatic rings. The standard InChI is InChI=1S/C4H4O4.Na/c5-3(6)1-2-4(7)8;/h1-2H,(H,5,6)(H,7,8);/q;+1/p-1. The first-order valence-electron chi connectivity index (χ1n) is 1.75. The van der Waals surface area contributed by atoms with Crippen molar-refractivity contribution in [2.45, 2.75) is 0 Å². The molecule has 1 N–H and O–H groups in total. The molecule has 4 nitrogen and oxygen atoms in total. The molecule has 0 atom stereocenters. The van der Waals surface area contributed by atoms with Gasteiger partial charge in [-0.15, -0.1) is 0 Å². The Morgan fingerprint density at radius 1 is 1.33 bits per heavy atom. The summed E-state index contributed by atoms with van der Waals surface area (Å²) in [5, 5.41) is 17.2. The van der Waals surface area contributed by atoms with E-state index in [0.717, 1.165) is 0 Å². The fraction of sp³-hybridized carbons (Fsp3) is 0. The zero-order chi connectivity index (χ0) is 6.57. The third-order valence-corrected chi connectivity index (χ3v) is 0.362. The predicted octanol–water partition coefficient (Wildman–Crippen LogP) is -4.62. The molecule has 0 aromatic heterocycles. The molecule has 0 rings (SSSR count). The van der Waals surface area contributed by atoms with Crippen LogP contribution in [0.15, 0.2) is 12.2 Å². The molecule has 0 saturated carbocycles. The van der Waals surface area contributed by atoms with E-state index in [1.54, 1.807) is 0 Å². The van der Waals surface area contributed by atoms with E-state index in [1.165, 1.54) is 0 Å². The molecule has 0 aliphatic heterocycles. The van der Waals surface area contributed by atoms with Crippen molar-refractivity contribution in [1.29, 1.82) is 0 Å². The number of hydrogen-bond donors (Lipinski definition) is 1. The van der Waals surface area contributed by atoms with Gasteiger partial charge in [-0.2, -0.15) is 0 Å². The van der Waals surface area contributed by atoms with Gasteiger partial charge < -0.3 is 15.0 Å². The minimum atomic E-state index is -1.51. The number of carbonyl (C=O) groups excluding carboxylic acids is 1. The number of carboxylic acid groups (broad SMARTS) is 2. The average molecular weight is 138 g/mol. The molecule has 0 spiro atoms. The van der Waals surface area contributed by atoms with Crippen LogP contribution in [0.5, 0.6) is 0 Å². The minimum absolute atomic E-state index is 0. The van der Waals surface area contributed by atoms with Crippen LogP contribution in [0, 0.1) is 0 Å². The monoisotopic (exact) mass is 138 g/mol. The van der Waals surface area contributed by atoms with Crippen LogP contribution in [0.4, 0.5) is 0 Å². The van der Waals surface area contributed by atoms with Crippen molar-refractivity contribution in [1.82, 2.24) is 0 Å². The maximum Gasteiger partial charge on any atom is 1.00 e. The van der Waals surface area contributed by atoms with Crippen molar-refractivity contribution in [3.8, 4) is 0 Å². The van der Waals surface area contributed by atoms with Crippen LogP contribution < -0.4 is 34.7 Å². The Morgan fingerprint density at radius 3 is 1.89 bits per heavy atom. The number of rotatable bonds is 2. The van der Waals surface area contributed by atoms with E-state index in [9.17, 15) is 14.7 Å². The first kappa shape index (κ1) is 11.5. The van der Waals surface area contributed by atoms with Gasteiger partial charge in [0.2, 0.25) is 0 Å². The third kappa shape index (κ3) is 11.3. The first-order valence-corrected chi connectivity index (χ1v) is 1.75. The molecule has 0 amide bonds. The van der Waals surface area contributed by atoms with Crippen molar-refractivity contribution in [3.05, 3.63) is 12.2 Å². The Kier molecular flexibility index (Phi) is 7.41. The molecule has 0 aliphatic carbocycles. The third-order valence-electron chi connectivity index (χ3n) is 0.362. The van der Waals surface area contributed by atoms with Crippen LogP contribution in [0.2, 0.25) is 0 Å². The van der Waals surface area contributed by atoms with Gasteiger partial charge >= 0.3 is 35.5 Å². The zero-order valence-corrected chi connectivity index (χ0v) is 6.83. The summed E-state index contributed by atoms with van der Waals surface area (Å²) < 4.78 is 0. The van der Waals surface area contributed by atoms with Gasteiger partial charge in [0, 0.05) is 6.08 Å². The molecule has 0 aliphatic rings. The van der Waals surface area contributed by atoms with Gasteiger partial charge in [-0.1, -0.05) is 0 Å². The normalized spacial score (nSPS) is 8.44.